The molecule has 1 unspecified atom stereocenters. The number of aliphatic hydroxyl groups is 1. The number of allylic oxidation sites excluding steroid dienone is 1. The van der Waals surface area contributed by atoms with Gasteiger partial charge in [-0.25, -0.2) is 0 Å². The van der Waals surface area contributed by atoms with Crippen molar-refractivity contribution in [1.82, 2.24) is 0 Å². The van der Waals surface area contributed by atoms with Gasteiger partial charge in [0.25, 0.3) is 0 Å². The first-order valence-electron chi connectivity index (χ1n) is 9.76. The van der Waals surface area contributed by atoms with Gasteiger partial charge in [0.05, 0.1) is 6.10 Å². The Balaban J connectivity index is 1.66. The van der Waals surface area contributed by atoms with Gasteiger partial charge in [-0.2, -0.15) is 0 Å². The van der Waals surface area contributed by atoms with Gasteiger partial charge < -0.3 is 5.11 Å². The number of carbonyl (C=O) groups excluding carboxylic acids is 1. The Morgan fingerprint density at radius 2 is 1.87 bits per heavy atom. The second-order valence-electron chi connectivity index (χ2n) is 9.42. The van der Waals surface area contributed by atoms with Gasteiger partial charge in [-0.15, -0.1) is 0 Å². The monoisotopic (exact) mass is 316 g/mol. The normalized spacial score (nSPS) is 52.2. The van der Waals surface area contributed by atoms with Crippen LogP contribution in [0.5, 0.6) is 0 Å². The first kappa shape index (κ1) is 15.9. The Labute approximate surface area is 140 Å². The average Bonchev–Trinajstić information content (AvgIpc) is 2.85. The summed E-state index contributed by atoms with van der Waals surface area (Å²) in [6, 6.07) is 0. The minimum atomic E-state index is -0.211. The number of aliphatic hydroxyl groups excluding tert-OH is 1. The summed E-state index contributed by atoms with van der Waals surface area (Å²) in [5, 5.41) is 10.0. The quantitative estimate of drug-likeness (QED) is 0.722. The third-order valence-electron chi connectivity index (χ3n) is 8.58. The van der Waals surface area contributed by atoms with Gasteiger partial charge in [0.2, 0.25) is 0 Å². The minimum absolute atomic E-state index is 0.211. The molecule has 4 aliphatic rings. The van der Waals surface area contributed by atoms with E-state index in [-0.39, 0.29) is 11.5 Å². The molecule has 0 spiro atoms. The highest BCUT2D eigenvalue weighted by atomic mass is 16.3. The van der Waals surface area contributed by atoms with E-state index in [1.807, 2.05) is 6.92 Å². The second kappa shape index (κ2) is 5.18. The van der Waals surface area contributed by atoms with E-state index in [0.717, 1.165) is 37.0 Å². The topological polar surface area (TPSA) is 37.3 Å². The zero-order valence-electron chi connectivity index (χ0n) is 15.0. The molecule has 2 heteroatoms. The number of fused-ring (bicyclic) bond motifs is 5. The summed E-state index contributed by atoms with van der Waals surface area (Å²) in [5.41, 5.74) is 2.12. The van der Waals surface area contributed by atoms with Crippen LogP contribution in [0.2, 0.25) is 0 Å². The van der Waals surface area contributed by atoms with Crippen LogP contribution in [0.1, 0.15) is 72.1 Å². The lowest BCUT2D eigenvalue weighted by Gasteiger charge is -2.58. The van der Waals surface area contributed by atoms with Crippen molar-refractivity contribution in [3.63, 3.8) is 0 Å². The molecule has 23 heavy (non-hydrogen) atoms. The van der Waals surface area contributed by atoms with Crippen LogP contribution in [0.3, 0.4) is 0 Å². The molecule has 4 rings (SSSR count). The molecular weight excluding hydrogens is 284 g/mol. The molecule has 2 nitrogen and oxygen atoms in total. The van der Waals surface area contributed by atoms with Crippen molar-refractivity contribution in [2.75, 3.05) is 0 Å². The molecule has 0 heterocycles. The number of Topliss-reactive ketones (excluding diaryl/α,β-unsaturated/α-hetero) is 1. The van der Waals surface area contributed by atoms with Crippen molar-refractivity contribution in [3.05, 3.63) is 11.6 Å². The van der Waals surface area contributed by atoms with Crippen LogP contribution in [0.25, 0.3) is 0 Å². The van der Waals surface area contributed by atoms with E-state index >= 15 is 0 Å². The second-order valence-corrected chi connectivity index (χ2v) is 9.42. The van der Waals surface area contributed by atoms with Gasteiger partial charge in [-0.05, 0) is 86.9 Å². The molecule has 1 N–H and O–H groups in total. The molecule has 0 aromatic carbocycles. The van der Waals surface area contributed by atoms with E-state index in [9.17, 15) is 9.90 Å². The number of hydrogen-bond donors (Lipinski definition) is 1. The van der Waals surface area contributed by atoms with Crippen LogP contribution in [-0.4, -0.2) is 17.0 Å². The van der Waals surface area contributed by atoms with Crippen LogP contribution in [0.4, 0.5) is 0 Å². The van der Waals surface area contributed by atoms with E-state index in [0.29, 0.717) is 17.1 Å². The fourth-order valence-corrected chi connectivity index (χ4v) is 7.38. The first-order valence-corrected chi connectivity index (χ1v) is 9.76. The summed E-state index contributed by atoms with van der Waals surface area (Å²) in [6.45, 7) is 6.71. The van der Waals surface area contributed by atoms with Crippen LogP contribution in [0, 0.1) is 34.5 Å². The maximum Gasteiger partial charge on any atom is 0.133 e. The summed E-state index contributed by atoms with van der Waals surface area (Å²) in [6.07, 6.45) is 11.4. The van der Waals surface area contributed by atoms with E-state index in [4.69, 9.17) is 0 Å². The van der Waals surface area contributed by atoms with Gasteiger partial charge in [-0.1, -0.05) is 25.5 Å². The molecule has 0 aromatic heterocycles. The zero-order valence-corrected chi connectivity index (χ0v) is 15.0. The molecule has 3 fully saturated rings. The lowest BCUT2D eigenvalue weighted by Crippen LogP contribution is -2.51. The van der Waals surface area contributed by atoms with E-state index in [1.54, 1.807) is 5.57 Å². The molecule has 0 aliphatic heterocycles. The largest absolute Gasteiger partial charge is 0.389 e. The number of rotatable bonds is 1. The number of ketones is 1. The van der Waals surface area contributed by atoms with Crippen molar-refractivity contribution in [2.24, 2.45) is 34.5 Å². The summed E-state index contributed by atoms with van der Waals surface area (Å²) < 4.78 is 0. The summed E-state index contributed by atoms with van der Waals surface area (Å²) in [5.74, 6) is 3.07. The van der Waals surface area contributed by atoms with E-state index in [1.165, 1.54) is 32.1 Å². The zero-order chi connectivity index (χ0) is 16.4. The van der Waals surface area contributed by atoms with Crippen molar-refractivity contribution in [3.8, 4) is 0 Å². The fourth-order valence-electron chi connectivity index (χ4n) is 7.38. The smallest absolute Gasteiger partial charge is 0.133 e. The molecule has 0 aromatic rings. The molecule has 0 bridgehead atoms. The lowest BCUT2D eigenvalue weighted by atomic mass is 9.46. The predicted octanol–water partition coefficient (Wildman–Crippen LogP) is 4.52. The standard InChI is InChI=1S/C21H32O2/c1-13(22)17-6-7-18-16-5-4-14-12-15(23)8-10-20(14,2)19(16)9-11-21(17,18)3/h12,15-19,23H,4-11H2,1-3H3/t15?,16-,17+,18-,19-,20-,21+/m0/s1. The average molecular weight is 316 g/mol. The van der Waals surface area contributed by atoms with Gasteiger partial charge in [0.1, 0.15) is 5.78 Å². The van der Waals surface area contributed by atoms with Crippen LogP contribution in [0.15, 0.2) is 11.6 Å². The van der Waals surface area contributed by atoms with Crippen LogP contribution >= 0.6 is 0 Å². The third-order valence-corrected chi connectivity index (χ3v) is 8.58. The molecule has 0 amide bonds. The first-order chi connectivity index (χ1) is 10.9. The fraction of sp³-hybridized carbons (Fsp3) is 0.857. The van der Waals surface area contributed by atoms with Gasteiger partial charge >= 0.3 is 0 Å². The molecule has 0 saturated heterocycles. The Hall–Kier alpha value is -0.630. The van der Waals surface area contributed by atoms with Gasteiger partial charge in [-0.3, -0.25) is 4.79 Å². The SMILES string of the molecule is CC(=O)[C@H]1CC[C@H]2[C@@H]3CCC4=CC(O)CC[C@]4(C)[C@H]3CC[C@]12C. The minimum Gasteiger partial charge on any atom is -0.389 e. The highest BCUT2D eigenvalue weighted by Crippen LogP contribution is 2.66. The molecule has 128 valence electrons. The summed E-state index contributed by atoms with van der Waals surface area (Å²) in [7, 11) is 0. The highest BCUT2D eigenvalue weighted by Gasteiger charge is 2.59. The van der Waals surface area contributed by atoms with Crippen LogP contribution in [-0.2, 0) is 4.79 Å². The van der Waals surface area contributed by atoms with Gasteiger partial charge in [0, 0.05) is 5.92 Å². The Morgan fingerprint density at radius 3 is 2.61 bits per heavy atom. The molecule has 4 aliphatic carbocycles. The molecular formula is C21H32O2. The highest BCUT2D eigenvalue weighted by molar-refractivity contribution is 5.79. The maximum atomic E-state index is 12.2. The molecule has 7 atom stereocenters. The maximum absolute atomic E-state index is 12.2. The van der Waals surface area contributed by atoms with Crippen molar-refractivity contribution >= 4 is 5.78 Å². The predicted molar refractivity (Wildman–Crippen MR) is 91.9 cm³/mol. The van der Waals surface area contributed by atoms with Gasteiger partial charge in [0.15, 0.2) is 0 Å². The molecule has 3 saturated carbocycles. The number of hydrogen-bond acceptors (Lipinski definition) is 2. The van der Waals surface area contributed by atoms with Crippen molar-refractivity contribution < 1.29 is 9.90 Å². The number of carbonyl (C=O) groups is 1. The third kappa shape index (κ3) is 2.13. The Morgan fingerprint density at radius 1 is 1.09 bits per heavy atom. The van der Waals surface area contributed by atoms with E-state index < -0.39 is 0 Å². The summed E-state index contributed by atoms with van der Waals surface area (Å²) in [4.78, 5) is 12.2. The van der Waals surface area contributed by atoms with Crippen molar-refractivity contribution in [1.29, 1.82) is 0 Å². The van der Waals surface area contributed by atoms with Crippen LogP contribution < -0.4 is 0 Å². The van der Waals surface area contributed by atoms with E-state index in [2.05, 4.69) is 19.9 Å². The Kier molecular flexibility index (Phi) is 3.58. The van der Waals surface area contributed by atoms with Crippen molar-refractivity contribution in [2.45, 2.75) is 78.2 Å². The summed E-state index contributed by atoms with van der Waals surface area (Å²) >= 11 is 0. The Bertz CT molecular complexity index is 550. The lowest BCUT2D eigenvalue weighted by molar-refractivity contribution is -0.127. The molecule has 0 radical (unpaired) electrons.